The molecule has 0 atom stereocenters. The standard InChI is InChI=1S/C19H14N4O3/c24-19-4-2-1-3-14(19)13-20-15-5-7-16(8-6-15)21-22-17-9-11-18(12-10-17)23(25)26/h1-13,24H. The molecule has 0 heterocycles. The van der Waals surface area contributed by atoms with Crippen molar-refractivity contribution in [3.63, 3.8) is 0 Å². The first-order valence-corrected chi connectivity index (χ1v) is 7.70. The highest BCUT2D eigenvalue weighted by Crippen LogP contribution is 2.23. The minimum absolute atomic E-state index is 0.00983. The van der Waals surface area contributed by atoms with Crippen molar-refractivity contribution in [1.29, 1.82) is 0 Å². The molecular weight excluding hydrogens is 332 g/mol. The van der Waals surface area contributed by atoms with Crippen LogP contribution in [0.4, 0.5) is 22.7 Å². The van der Waals surface area contributed by atoms with Crippen molar-refractivity contribution < 1.29 is 10.0 Å². The number of phenols is 1. The molecule has 0 aliphatic rings. The first-order valence-electron chi connectivity index (χ1n) is 7.70. The number of azo groups is 1. The molecule has 128 valence electrons. The normalized spacial score (nSPS) is 11.2. The molecule has 0 saturated carbocycles. The average Bonchev–Trinajstić information content (AvgIpc) is 2.67. The second-order valence-electron chi connectivity index (χ2n) is 5.31. The van der Waals surface area contributed by atoms with Crippen LogP contribution in [0.1, 0.15) is 5.56 Å². The number of aliphatic imine (C=N–C) groups is 1. The summed E-state index contributed by atoms with van der Waals surface area (Å²) in [6.07, 6.45) is 1.59. The summed E-state index contributed by atoms with van der Waals surface area (Å²) in [6.45, 7) is 0. The van der Waals surface area contributed by atoms with E-state index in [-0.39, 0.29) is 11.4 Å². The lowest BCUT2D eigenvalue weighted by Gasteiger charge is -1.98. The van der Waals surface area contributed by atoms with Crippen molar-refractivity contribution in [2.45, 2.75) is 0 Å². The maximum absolute atomic E-state index is 10.6. The molecule has 0 spiro atoms. The summed E-state index contributed by atoms with van der Waals surface area (Å²) in [6, 6.07) is 19.8. The zero-order chi connectivity index (χ0) is 18.4. The average molecular weight is 346 g/mol. The summed E-state index contributed by atoms with van der Waals surface area (Å²) in [7, 11) is 0. The smallest absolute Gasteiger partial charge is 0.269 e. The quantitative estimate of drug-likeness (QED) is 0.287. The maximum Gasteiger partial charge on any atom is 0.269 e. The number of nitro benzene ring substituents is 1. The highest BCUT2D eigenvalue weighted by molar-refractivity contribution is 5.85. The van der Waals surface area contributed by atoms with Gasteiger partial charge in [0, 0.05) is 23.9 Å². The fraction of sp³-hybridized carbons (Fsp3) is 0. The van der Waals surface area contributed by atoms with Gasteiger partial charge in [-0.25, -0.2) is 0 Å². The molecule has 0 saturated heterocycles. The van der Waals surface area contributed by atoms with Crippen LogP contribution in [0.3, 0.4) is 0 Å². The Hall–Kier alpha value is -3.87. The van der Waals surface area contributed by atoms with Crippen LogP contribution in [0.5, 0.6) is 5.75 Å². The molecule has 3 aromatic rings. The van der Waals surface area contributed by atoms with E-state index in [1.807, 2.05) is 6.07 Å². The first-order chi connectivity index (χ1) is 12.6. The Labute approximate surface area is 149 Å². The van der Waals surface area contributed by atoms with Gasteiger partial charge < -0.3 is 5.11 Å². The molecule has 0 fully saturated rings. The molecule has 0 aliphatic carbocycles. The summed E-state index contributed by atoms with van der Waals surface area (Å²) in [5.41, 5.74) is 2.51. The van der Waals surface area contributed by atoms with E-state index < -0.39 is 4.92 Å². The van der Waals surface area contributed by atoms with E-state index in [0.29, 0.717) is 22.6 Å². The number of hydrogen-bond acceptors (Lipinski definition) is 6. The van der Waals surface area contributed by atoms with Crippen molar-refractivity contribution in [3.05, 3.63) is 88.5 Å². The van der Waals surface area contributed by atoms with Crippen LogP contribution in [0.25, 0.3) is 0 Å². The third-order valence-corrected chi connectivity index (χ3v) is 3.48. The molecular formula is C19H14N4O3. The first kappa shape index (κ1) is 17.0. The second-order valence-corrected chi connectivity index (χ2v) is 5.31. The van der Waals surface area contributed by atoms with Gasteiger partial charge in [0.1, 0.15) is 5.75 Å². The Balaban J connectivity index is 1.67. The van der Waals surface area contributed by atoms with E-state index in [1.54, 1.807) is 48.7 Å². The second kappa shape index (κ2) is 7.80. The van der Waals surface area contributed by atoms with Crippen LogP contribution >= 0.6 is 0 Å². The molecule has 0 amide bonds. The minimum Gasteiger partial charge on any atom is -0.507 e. The molecule has 3 aromatic carbocycles. The summed E-state index contributed by atoms with van der Waals surface area (Å²) in [5.74, 6) is 0.171. The largest absolute Gasteiger partial charge is 0.507 e. The highest BCUT2D eigenvalue weighted by Gasteiger charge is 2.03. The van der Waals surface area contributed by atoms with E-state index in [4.69, 9.17) is 0 Å². The van der Waals surface area contributed by atoms with Crippen molar-refractivity contribution >= 4 is 29.0 Å². The van der Waals surface area contributed by atoms with Crippen LogP contribution < -0.4 is 0 Å². The van der Waals surface area contributed by atoms with Crippen molar-refractivity contribution in [2.24, 2.45) is 15.2 Å². The Morgan fingerprint density at radius 3 is 1.92 bits per heavy atom. The predicted octanol–water partition coefficient (Wildman–Crippen LogP) is 5.47. The van der Waals surface area contributed by atoms with E-state index in [2.05, 4.69) is 15.2 Å². The summed E-state index contributed by atoms with van der Waals surface area (Å²) in [4.78, 5) is 14.5. The zero-order valence-corrected chi connectivity index (χ0v) is 13.6. The van der Waals surface area contributed by atoms with Gasteiger partial charge in [0.25, 0.3) is 5.69 Å². The molecule has 0 radical (unpaired) electrons. The topological polar surface area (TPSA) is 100 Å². The van der Waals surface area contributed by atoms with E-state index in [0.717, 1.165) is 0 Å². The Morgan fingerprint density at radius 2 is 1.35 bits per heavy atom. The van der Waals surface area contributed by atoms with Crippen molar-refractivity contribution in [1.82, 2.24) is 0 Å². The maximum atomic E-state index is 10.6. The number of non-ortho nitro benzene ring substituents is 1. The Morgan fingerprint density at radius 1 is 0.808 bits per heavy atom. The van der Waals surface area contributed by atoms with E-state index in [9.17, 15) is 15.2 Å². The zero-order valence-electron chi connectivity index (χ0n) is 13.6. The minimum atomic E-state index is -0.463. The lowest BCUT2D eigenvalue weighted by Crippen LogP contribution is -1.85. The van der Waals surface area contributed by atoms with Gasteiger partial charge in [0.2, 0.25) is 0 Å². The highest BCUT2D eigenvalue weighted by atomic mass is 16.6. The fourth-order valence-electron chi connectivity index (χ4n) is 2.10. The van der Waals surface area contributed by atoms with Gasteiger partial charge in [-0.15, -0.1) is 0 Å². The molecule has 0 unspecified atom stereocenters. The van der Waals surface area contributed by atoms with Crippen molar-refractivity contribution in [3.8, 4) is 5.75 Å². The number of hydrogen-bond donors (Lipinski definition) is 1. The van der Waals surface area contributed by atoms with Gasteiger partial charge in [-0.3, -0.25) is 15.1 Å². The van der Waals surface area contributed by atoms with Crippen LogP contribution in [-0.2, 0) is 0 Å². The molecule has 0 aliphatic heterocycles. The summed E-state index contributed by atoms with van der Waals surface area (Å²) < 4.78 is 0. The summed E-state index contributed by atoms with van der Waals surface area (Å²) in [5, 5.41) is 28.4. The SMILES string of the molecule is O=[N+]([O-])c1ccc(N=Nc2ccc(N=Cc3ccccc3O)cc2)cc1. The lowest BCUT2D eigenvalue weighted by atomic mass is 10.2. The van der Waals surface area contributed by atoms with Gasteiger partial charge >= 0.3 is 0 Å². The van der Waals surface area contributed by atoms with E-state index >= 15 is 0 Å². The molecule has 0 bridgehead atoms. The molecule has 0 aromatic heterocycles. The van der Waals surface area contributed by atoms with Crippen LogP contribution in [0.15, 0.2) is 88.0 Å². The third-order valence-electron chi connectivity index (χ3n) is 3.48. The van der Waals surface area contributed by atoms with E-state index in [1.165, 1.54) is 24.3 Å². The Bertz CT molecular complexity index is 965. The number of nitrogens with zero attached hydrogens (tertiary/aromatic N) is 4. The van der Waals surface area contributed by atoms with Crippen LogP contribution in [0.2, 0.25) is 0 Å². The fourth-order valence-corrected chi connectivity index (χ4v) is 2.10. The lowest BCUT2D eigenvalue weighted by molar-refractivity contribution is -0.384. The van der Waals surface area contributed by atoms with Crippen LogP contribution in [-0.4, -0.2) is 16.2 Å². The number of benzene rings is 3. The van der Waals surface area contributed by atoms with Gasteiger partial charge in [0.15, 0.2) is 0 Å². The molecule has 3 rings (SSSR count). The number of phenolic OH excluding ortho intramolecular Hbond substituents is 1. The number of nitro groups is 1. The van der Waals surface area contributed by atoms with Gasteiger partial charge in [-0.05, 0) is 48.5 Å². The van der Waals surface area contributed by atoms with Crippen molar-refractivity contribution in [2.75, 3.05) is 0 Å². The molecule has 7 nitrogen and oxygen atoms in total. The molecule has 1 N–H and O–H groups in total. The summed E-state index contributed by atoms with van der Waals surface area (Å²) >= 11 is 0. The third kappa shape index (κ3) is 4.35. The number of aromatic hydroxyl groups is 1. The van der Waals surface area contributed by atoms with Gasteiger partial charge in [-0.2, -0.15) is 10.2 Å². The molecule has 26 heavy (non-hydrogen) atoms. The van der Waals surface area contributed by atoms with Gasteiger partial charge in [0.05, 0.1) is 22.0 Å². The number of para-hydroxylation sites is 1. The van der Waals surface area contributed by atoms with Gasteiger partial charge in [-0.1, -0.05) is 12.1 Å². The Kier molecular flexibility index (Phi) is 5.09. The molecule has 7 heteroatoms. The number of rotatable bonds is 5. The predicted molar refractivity (Wildman–Crippen MR) is 99.1 cm³/mol. The van der Waals surface area contributed by atoms with Crippen LogP contribution in [0, 0.1) is 10.1 Å². The monoisotopic (exact) mass is 346 g/mol.